The lowest BCUT2D eigenvalue weighted by atomic mass is 9.73. The number of hydrogen-bond donors (Lipinski definition) is 3. The highest BCUT2D eigenvalue weighted by atomic mass is 16.2. The summed E-state index contributed by atoms with van der Waals surface area (Å²) in [7, 11) is 0. The number of nitrogens with two attached hydrogens (primary N) is 1. The number of carbonyl (C=O) groups is 1. The van der Waals surface area contributed by atoms with Crippen molar-refractivity contribution in [3.8, 4) is 0 Å². The Balaban J connectivity index is 2.12. The maximum Gasteiger partial charge on any atom is 0.291 e. The first-order valence-electron chi connectivity index (χ1n) is 6.49. The number of nitrogens with one attached hydrogen (secondary N) is 2. The number of aryl methyl sites for hydroxylation is 1. The predicted molar refractivity (Wildman–Crippen MR) is 68.0 cm³/mol. The first kappa shape index (κ1) is 13.0. The van der Waals surface area contributed by atoms with E-state index in [4.69, 9.17) is 5.73 Å². The van der Waals surface area contributed by atoms with E-state index in [0.29, 0.717) is 18.3 Å². The smallest absolute Gasteiger partial charge is 0.291 e. The van der Waals surface area contributed by atoms with Crippen LogP contribution in [0.25, 0.3) is 0 Å². The van der Waals surface area contributed by atoms with Gasteiger partial charge in [0.25, 0.3) is 5.91 Å². The molecule has 2 atom stereocenters. The highest BCUT2D eigenvalue weighted by Crippen LogP contribution is 2.32. The highest BCUT2D eigenvalue weighted by Gasteiger charge is 2.38. The summed E-state index contributed by atoms with van der Waals surface area (Å²) in [5, 5.41) is 9.61. The minimum atomic E-state index is -0.302. The quantitative estimate of drug-likeness (QED) is 0.738. The fourth-order valence-electron chi connectivity index (χ4n) is 2.68. The van der Waals surface area contributed by atoms with Gasteiger partial charge in [0.1, 0.15) is 5.82 Å². The maximum atomic E-state index is 12.1. The molecule has 0 radical (unpaired) electrons. The summed E-state index contributed by atoms with van der Waals surface area (Å²) < 4.78 is 0. The topological polar surface area (TPSA) is 96.7 Å². The van der Waals surface area contributed by atoms with Gasteiger partial charge >= 0.3 is 0 Å². The Morgan fingerprint density at radius 3 is 2.94 bits per heavy atom. The molecule has 1 aromatic heterocycles. The minimum Gasteiger partial charge on any atom is -0.342 e. The number of aromatic nitrogens is 3. The van der Waals surface area contributed by atoms with Crippen LogP contribution in [-0.2, 0) is 0 Å². The molecule has 1 aliphatic rings. The van der Waals surface area contributed by atoms with Crippen LogP contribution < -0.4 is 11.1 Å². The van der Waals surface area contributed by atoms with Crippen LogP contribution in [0.15, 0.2) is 0 Å². The molecule has 2 rings (SSSR count). The van der Waals surface area contributed by atoms with E-state index in [9.17, 15) is 4.79 Å². The minimum absolute atomic E-state index is 0.193. The molecule has 2 unspecified atom stereocenters. The van der Waals surface area contributed by atoms with Crippen molar-refractivity contribution in [3.05, 3.63) is 11.6 Å². The number of aromatic amines is 1. The zero-order valence-electron chi connectivity index (χ0n) is 11.0. The zero-order chi connectivity index (χ0) is 13.2. The number of carbonyl (C=O) groups excluding carboxylic acids is 1. The molecule has 0 spiro atoms. The first-order chi connectivity index (χ1) is 8.57. The molecule has 1 heterocycles. The molecule has 1 aliphatic carbocycles. The van der Waals surface area contributed by atoms with Crippen LogP contribution in [0.1, 0.15) is 49.1 Å². The van der Waals surface area contributed by atoms with Crippen LogP contribution in [0.4, 0.5) is 0 Å². The van der Waals surface area contributed by atoms with Crippen LogP contribution in [0.3, 0.4) is 0 Å². The molecule has 0 aliphatic heterocycles. The van der Waals surface area contributed by atoms with E-state index < -0.39 is 0 Å². The zero-order valence-corrected chi connectivity index (χ0v) is 11.0. The Kier molecular flexibility index (Phi) is 3.65. The van der Waals surface area contributed by atoms with Crippen molar-refractivity contribution in [3.63, 3.8) is 0 Å². The van der Waals surface area contributed by atoms with Gasteiger partial charge in [0, 0.05) is 6.54 Å². The number of nitrogens with zero attached hydrogens (tertiary/aromatic N) is 2. The van der Waals surface area contributed by atoms with E-state index in [1.807, 2.05) is 0 Å². The van der Waals surface area contributed by atoms with E-state index in [1.54, 1.807) is 6.92 Å². The average Bonchev–Trinajstić information content (AvgIpc) is 2.79. The van der Waals surface area contributed by atoms with Crippen molar-refractivity contribution in [2.45, 2.75) is 45.1 Å². The van der Waals surface area contributed by atoms with Crippen molar-refractivity contribution in [1.29, 1.82) is 0 Å². The SMILES string of the molecule is Cc1nc(C(=O)NC2(CN)CCCCC2C)n[nH]1. The van der Waals surface area contributed by atoms with Crippen molar-refractivity contribution in [1.82, 2.24) is 20.5 Å². The maximum absolute atomic E-state index is 12.1. The second kappa shape index (κ2) is 5.06. The molecule has 0 saturated heterocycles. The molecule has 0 bridgehead atoms. The molecule has 6 nitrogen and oxygen atoms in total. The van der Waals surface area contributed by atoms with Gasteiger partial charge in [-0.1, -0.05) is 19.8 Å². The summed E-state index contributed by atoms with van der Waals surface area (Å²) in [5.74, 6) is 0.982. The normalized spacial score (nSPS) is 28.1. The van der Waals surface area contributed by atoms with E-state index in [0.717, 1.165) is 19.3 Å². The molecular weight excluding hydrogens is 230 g/mol. The number of amides is 1. The Morgan fingerprint density at radius 1 is 1.61 bits per heavy atom. The van der Waals surface area contributed by atoms with E-state index in [1.165, 1.54) is 6.42 Å². The number of H-pyrrole nitrogens is 1. The summed E-state index contributed by atoms with van der Waals surface area (Å²) >= 11 is 0. The molecular formula is C12H21N5O. The predicted octanol–water partition coefficient (Wildman–Crippen LogP) is 0.751. The van der Waals surface area contributed by atoms with Crippen molar-refractivity contribution >= 4 is 5.91 Å². The molecule has 18 heavy (non-hydrogen) atoms. The standard InChI is InChI=1S/C12H21N5O/c1-8-5-3-4-6-12(8,7-13)15-11(18)10-14-9(2)16-17-10/h8H,3-7,13H2,1-2H3,(H,15,18)(H,14,16,17). The molecule has 1 aromatic rings. The molecule has 1 fully saturated rings. The van der Waals surface area contributed by atoms with Gasteiger partial charge in [-0.05, 0) is 25.7 Å². The van der Waals surface area contributed by atoms with E-state index >= 15 is 0 Å². The Hall–Kier alpha value is -1.43. The van der Waals surface area contributed by atoms with E-state index in [2.05, 4.69) is 27.4 Å². The molecule has 4 N–H and O–H groups in total. The second-order valence-electron chi connectivity index (χ2n) is 5.21. The monoisotopic (exact) mass is 251 g/mol. The molecule has 100 valence electrons. The molecule has 1 saturated carbocycles. The fraction of sp³-hybridized carbons (Fsp3) is 0.750. The summed E-state index contributed by atoms with van der Waals surface area (Å²) in [4.78, 5) is 16.2. The van der Waals surface area contributed by atoms with Gasteiger partial charge in [-0.2, -0.15) is 0 Å². The third-order valence-electron chi connectivity index (χ3n) is 3.98. The lowest BCUT2D eigenvalue weighted by molar-refractivity contribution is 0.0802. The van der Waals surface area contributed by atoms with Crippen LogP contribution in [-0.4, -0.2) is 33.2 Å². The Bertz CT molecular complexity index is 430. The summed E-state index contributed by atoms with van der Waals surface area (Å²) in [6, 6.07) is 0. The molecule has 1 amide bonds. The van der Waals surface area contributed by atoms with Gasteiger partial charge in [0.2, 0.25) is 5.82 Å². The van der Waals surface area contributed by atoms with Gasteiger partial charge < -0.3 is 11.1 Å². The van der Waals surface area contributed by atoms with Crippen LogP contribution in [0.2, 0.25) is 0 Å². The summed E-state index contributed by atoms with van der Waals surface area (Å²) in [6.45, 7) is 4.38. The van der Waals surface area contributed by atoms with Crippen LogP contribution in [0, 0.1) is 12.8 Å². The van der Waals surface area contributed by atoms with Crippen molar-refractivity contribution in [2.24, 2.45) is 11.7 Å². The van der Waals surface area contributed by atoms with E-state index in [-0.39, 0.29) is 17.3 Å². The Morgan fingerprint density at radius 2 is 2.39 bits per heavy atom. The lowest BCUT2D eigenvalue weighted by Crippen LogP contribution is -2.59. The van der Waals surface area contributed by atoms with Gasteiger partial charge in [0.15, 0.2) is 0 Å². The summed E-state index contributed by atoms with van der Waals surface area (Å²) in [5.41, 5.74) is 5.60. The van der Waals surface area contributed by atoms with Gasteiger partial charge in [0.05, 0.1) is 5.54 Å². The largest absolute Gasteiger partial charge is 0.342 e. The van der Waals surface area contributed by atoms with Crippen LogP contribution >= 0.6 is 0 Å². The number of rotatable bonds is 3. The lowest BCUT2D eigenvalue weighted by Gasteiger charge is -2.42. The Labute approximate surface area is 107 Å². The van der Waals surface area contributed by atoms with Gasteiger partial charge in [-0.25, -0.2) is 4.98 Å². The average molecular weight is 251 g/mol. The molecule has 0 aromatic carbocycles. The molecule has 6 heteroatoms. The van der Waals surface area contributed by atoms with Gasteiger partial charge in [-0.3, -0.25) is 9.89 Å². The van der Waals surface area contributed by atoms with Crippen LogP contribution in [0.5, 0.6) is 0 Å². The van der Waals surface area contributed by atoms with Gasteiger partial charge in [-0.15, -0.1) is 5.10 Å². The fourth-order valence-corrected chi connectivity index (χ4v) is 2.68. The van der Waals surface area contributed by atoms with Crippen molar-refractivity contribution < 1.29 is 4.79 Å². The third kappa shape index (κ3) is 2.38. The second-order valence-corrected chi connectivity index (χ2v) is 5.21. The number of hydrogen-bond acceptors (Lipinski definition) is 4. The highest BCUT2D eigenvalue weighted by molar-refractivity contribution is 5.91. The van der Waals surface area contributed by atoms with Crippen molar-refractivity contribution in [2.75, 3.05) is 6.54 Å². The third-order valence-corrected chi connectivity index (χ3v) is 3.98. The summed E-state index contributed by atoms with van der Waals surface area (Å²) in [6.07, 6.45) is 4.34. The first-order valence-corrected chi connectivity index (χ1v) is 6.49.